The smallest absolute Gasteiger partial charge is 0.258 e. The standard InChI is InChI=1S/C9H9N5O2/c1-2-9-10-11-12-13(9)7-3-5-8(6-4-7)14(15)16/h3-6H,2H2,1H3. The zero-order valence-electron chi connectivity index (χ0n) is 8.57. The van der Waals surface area contributed by atoms with Crippen LogP contribution in [-0.2, 0) is 6.42 Å². The minimum atomic E-state index is -0.440. The molecule has 0 fully saturated rings. The summed E-state index contributed by atoms with van der Waals surface area (Å²) in [5, 5.41) is 21.7. The predicted octanol–water partition coefficient (Wildman–Crippen LogP) is 1.13. The number of aromatic nitrogens is 4. The summed E-state index contributed by atoms with van der Waals surface area (Å²) in [7, 11) is 0. The molecule has 0 amide bonds. The van der Waals surface area contributed by atoms with E-state index in [-0.39, 0.29) is 5.69 Å². The molecule has 0 saturated carbocycles. The van der Waals surface area contributed by atoms with E-state index in [4.69, 9.17) is 0 Å². The molecule has 2 aromatic rings. The summed E-state index contributed by atoms with van der Waals surface area (Å²) in [6.07, 6.45) is 0.698. The van der Waals surface area contributed by atoms with Crippen molar-refractivity contribution in [2.45, 2.75) is 13.3 Å². The monoisotopic (exact) mass is 219 g/mol. The van der Waals surface area contributed by atoms with Gasteiger partial charge in [0.2, 0.25) is 0 Å². The van der Waals surface area contributed by atoms with E-state index in [1.807, 2.05) is 6.92 Å². The van der Waals surface area contributed by atoms with Gasteiger partial charge >= 0.3 is 0 Å². The molecule has 2 rings (SSSR count). The molecule has 1 heterocycles. The maximum absolute atomic E-state index is 10.5. The van der Waals surface area contributed by atoms with Crippen LogP contribution in [0.5, 0.6) is 0 Å². The van der Waals surface area contributed by atoms with Gasteiger partial charge in [0.05, 0.1) is 10.6 Å². The lowest BCUT2D eigenvalue weighted by molar-refractivity contribution is -0.384. The molecule has 0 aliphatic rings. The Labute approximate surface area is 90.9 Å². The molecule has 7 nitrogen and oxygen atoms in total. The van der Waals surface area contributed by atoms with Gasteiger partial charge in [0.25, 0.3) is 5.69 Å². The SMILES string of the molecule is CCc1nnnn1-c1ccc([N+](=O)[O-])cc1. The van der Waals surface area contributed by atoms with Crippen LogP contribution in [0.15, 0.2) is 24.3 Å². The van der Waals surface area contributed by atoms with E-state index in [0.29, 0.717) is 17.9 Å². The number of benzene rings is 1. The van der Waals surface area contributed by atoms with Crippen molar-refractivity contribution in [3.63, 3.8) is 0 Å². The Morgan fingerprint density at radius 2 is 2.06 bits per heavy atom. The zero-order valence-corrected chi connectivity index (χ0v) is 8.57. The number of nitro benzene ring substituents is 1. The first-order chi connectivity index (χ1) is 7.72. The molecule has 7 heteroatoms. The van der Waals surface area contributed by atoms with Gasteiger partial charge < -0.3 is 0 Å². The van der Waals surface area contributed by atoms with Crippen molar-refractivity contribution >= 4 is 5.69 Å². The van der Waals surface area contributed by atoms with Gasteiger partial charge in [-0.3, -0.25) is 10.1 Å². The first-order valence-electron chi connectivity index (χ1n) is 4.74. The van der Waals surface area contributed by atoms with Crippen molar-refractivity contribution < 1.29 is 4.92 Å². The number of non-ortho nitro benzene ring substituents is 1. The molecule has 0 bridgehead atoms. The predicted molar refractivity (Wildman–Crippen MR) is 55.2 cm³/mol. The van der Waals surface area contributed by atoms with Gasteiger partial charge in [-0.25, -0.2) is 0 Å². The van der Waals surface area contributed by atoms with E-state index in [0.717, 1.165) is 0 Å². The molecule has 82 valence electrons. The first kappa shape index (κ1) is 10.2. The Morgan fingerprint density at radius 1 is 1.38 bits per heavy atom. The number of hydrogen-bond donors (Lipinski definition) is 0. The van der Waals surface area contributed by atoms with Crippen LogP contribution in [-0.4, -0.2) is 25.1 Å². The Morgan fingerprint density at radius 3 is 2.62 bits per heavy atom. The van der Waals surface area contributed by atoms with Crippen LogP contribution in [0.3, 0.4) is 0 Å². The first-order valence-corrected chi connectivity index (χ1v) is 4.74. The molecule has 1 aromatic carbocycles. The fourth-order valence-electron chi connectivity index (χ4n) is 1.34. The third kappa shape index (κ3) is 1.74. The summed E-state index contributed by atoms with van der Waals surface area (Å²) < 4.78 is 1.56. The van der Waals surface area contributed by atoms with Crippen molar-refractivity contribution in [1.29, 1.82) is 0 Å². The number of nitro groups is 1. The summed E-state index contributed by atoms with van der Waals surface area (Å²) in [6, 6.07) is 6.09. The topological polar surface area (TPSA) is 86.7 Å². The molecular weight excluding hydrogens is 210 g/mol. The minimum absolute atomic E-state index is 0.0508. The second-order valence-electron chi connectivity index (χ2n) is 3.13. The van der Waals surface area contributed by atoms with Crippen LogP contribution >= 0.6 is 0 Å². The van der Waals surface area contributed by atoms with E-state index in [1.54, 1.807) is 16.8 Å². The molecule has 0 spiro atoms. The lowest BCUT2D eigenvalue weighted by Crippen LogP contribution is -2.02. The highest BCUT2D eigenvalue weighted by Gasteiger charge is 2.08. The maximum Gasteiger partial charge on any atom is 0.269 e. The Kier molecular flexibility index (Phi) is 2.59. The molecule has 0 radical (unpaired) electrons. The highest BCUT2D eigenvalue weighted by molar-refractivity contribution is 5.40. The van der Waals surface area contributed by atoms with Gasteiger partial charge in [0, 0.05) is 18.6 Å². The van der Waals surface area contributed by atoms with Crippen LogP contribution in [0.1, 0.15) is 12.7 Å². The summed E-state index contributed by atoms with van der Waals surface area (Å²) in [4.78, 5) is 10.0. The van der Waals surface area contributed by atoms with E-state index in [2.05, 4.69) is 15.5 Å². The van der Waals surface area contributed by atoms with Crippen LogP contribution in [0.25, 0.3) is 5.69 Å². The quantitative estimate of drug-likeness (QED) is 0.570. The van der Waals surface area contributed by atoms with Crippen molar-refractivity contribution in [3.8, 4) is 5.69 Å². The normalized spacial score (nSPS) is 10.3. The summed E-state index contributed by atoms with van der Waals surface area (Å²) in [6.45, 7) is 1.94. The molecule has 0 N–H and O–H groups in total. The number of hydrogen-bond acceptors (Lipinski definition) is 5. The van der Waals surface area contributed by atoms with Gasteiger partial charge in [-0.1, -0.05) is 6.92 Å². The summed E-state index contributed by atoms with van der Waals surface area (Å²) >= 11 is 0. The van der Waals surface area contributed by atoms with Gasteiger partial charge in [-0.05, 0) is 22.6 Å². The van der Waals surface area contributed by atoms with E-state index >= 15 is 0 Å². The molecule has 0 aliphatic heterocycles. The minimum Gasteiger partial charge on any atom is -0.258 e. The van der Waals surface area contributed by atoms with E-state index in [9.17, 15) is 10.1 Å². The maximum atomic E-state index is 10.5. The molecule has 0 unspecified atom stereocenters. The van der Waals surface area contributed by atoms with E-state index in [1.165, 1.54) is 12.1 Å². The highest BCUT2D eigenvalue weighted by Crippen LogP contribution is 2.15. The number of aryl methyl sites for hydroxylation is 1. The van der Waals surface area contributed by atoms with Gasteiger partial charge in [-0.15, -0.1) is 5.10 Å². The van der Waals surface area contributed by atoms with Crippen LogP contribution < -0.4 is 0 Å². The van der Waals surface area contributed by atoms with Gasteiger partial charge in [0.1, 0.15) is 0 Å². The number of rotatable bonds is 3. The average Bonchev–Trinajstić information content (AvgIpc) is 2.77. The summed E-state index contributed by atoms with van der Waals surface area (Å²) in [5.74, 6) is 0.717. The average molecular weight is 219 g/mol. The third-order valence-corrected chi connectivity index (χ3v) is 2.16. The third-order valence-electron chi connectivity index (χ3n) is 2.16. The molecule has 0 saturated heterocycles. The van der Waals surface area contributed by atoms with Crippen molar-refractivity contribution in [3.05, 3.63) is 40.2 Å². The fraction of sp³-hybridized carbons (Fsp3) is 0.222. The van der Waals surface area contributed by atoms with Crippen molar-refractivity contribution in [2.24, 2.45) is 0 Å². The molecular formula is C9H9N5O2. The van der Waals surface area contributed by atoms with Crippen LogP contribution in [0.2, 0.25) is 0 Å². The van der Waals surface area contributed by atoms with Crippen molar-refractivity contribution in [2.75, 3.05) is 0 Å². The fourth-order valence-corrected chi connectivity index (χ4v) is 1.34. The zero-order chi connectivity index (χ0) is 11.5. The molecule has 1 aromatic heterocycles. The second-order valence-corrected chi connectivity index (χ2v) is 3.13. The number of nitrogens with zero attached hydrogens (tertiary/aromatic N) is 5. The molecule has 0 atom stereocenters. The Balaban J connectivity index is 2.38. The second kappa shape index (κ2) is 4.05. The summed E-state index contributed by atoms with van der Waals surface area (Å²) in [5.41, 5.74) is 0.766. The van der Waals surface area contributed by atoms with Gasteiger partial charge in [0.15, 0.2) is 5.82 Å². The highest BCUT2D eigenvalue weighted by atomic mass is 16.6. The van der Waals surface area contributed by atoms with Gasteiger partial charge in [-0.2, -0.15) is 4.68 Å². The lowest BCUT2D eigenvalue weighted by atomic mass is 10.3. The largest absolute Gasteiger partial charge is 0.269 e. The van der Waals surface area contributed by atoms with Crippen LogP contribution in [0, 0.1) is 10.1 Å². The van der Waals surface area contributed by atoms with E-state index < -0.39 is 4.92 Å². The number of tetrazole rings is 1. The van der Waals surface area contributed by atoms with Crippen LogP contribution in [0.4, 0.5) is 5.69 Å². The van der Waals surface area contributed by atoms with Crippen molar-refractivity contribution in [1.82, 2.24) is 20.2 Å². The Bertz CT molecular complexity index is 505. The molecule has 0 aliphatic carbocycles. The lowest BCUT2D eigenvalue weighted by Gasteiger charge is -2.01. The molecule has 16 heavy (non-hydrogen) atoms. The Hall–Kier alpha value is -2.31.